The highest BCUT2D eigenvalue weighted by atomic mass is 32.2. The highest BCUT2D eigenvalue weighted by Gasteiger charge is 2.20. The lowest BCUT2D eigenvalue weighted by Crippen LogP contribution is -2.15. The van der Waals surface area contributed by atoms with E-state index in [-0.39, 0.29) is 11.4 Å². The fraction of sp³-hybridized carbons (Fsp3) is 0.0714. The molecule has 1 aromatic heterocycles. The Morgan fingerprint density at radius 1 is 1.25 bits per heavy atom. The molecule has 0 saturated carbocycles. The van der Waals surface area contributed by atoms with Gasteiger partial charge in [0.1, 0.15) is 11.4 Å². The van der Waals surface area contributed by atoms with Crippen molar-refractivity contribution in [1.82, 2.24) is 5.16 Å². The number of nitro benzene ring substituents is 1. The van der Waals surface area contributed by atoms with Gasteiger partial charge in [0, 0.05) is 11.5 Å². The maximum absolute atomic E-state index is 13.3. The summed E-state index contributed by atoms with van der Waals surface area (Å²) in [6, 6.07) is 9.48. The number of anilines is 1. The molecule has 1 heterocycles. The second-order valence-corrected chi connectivity index (χ2v) is 6.63. The predicted molar refractivity (Wildman–Crippen MR) is 83.3 cm³/mol. The molecule has 0 bridgehead atoms. The average molecular weight is 351 g/mol. The van der Waals surface area contributed by atoms with E-state index in [9.17, 15) is 22.9 Å². The summed E-state index contributed by atoms with van der Waals surface area (Å²) in [5.74, 6) is -1.54. The molecule has 0 unspecified atom stereocenters. The number of fused-ring (bicyclic) bond motifs is 1. The van der Waals surface area contributed by atoms with E-state index in [0.29, 0.717) is 11.0 Å². The van der Waals surface area contributed by atoms with E-state index in [2.05, 4.69) is 9.88 Å². The van der Waals surface area contributed by atoms with E-state index in [0.717, 1.165) is 18.2 Å². The summed E-state index contributed by atoms with van der Waals surface area (Å²) in [7, 11) is -3.92. The number of halogens is 1. The Bertz CT molecular complexity index is 1030. The number of rotatable bonds is 5. The van der Waals surface area contributed by atoms with E-state index in [4.69, 9.17) is 4.52 Å². The molecule has 0 aliphatic heterocycles. The topological polar surface area (TPSA) is 115 Å². The Hall–Kier alpha value is -3.01. The van der Waals surface area contributed by atoms with Crippen LogP contribution in [0.3, 0.4) is 0 Å². The van der Waals surface area contributed by atoms with Gasteiger partial charge in [-0.25, -0.2) is 8.42 Å². The van der Waals surface area contributed by atoms with Crippen molar-refractivity contribution in [2.24, 2.45) is 0 Å². The summed E-state index contributed by atoms with van der Waals surface area (Å²) in [6.07, 6.45) is 0. The van der Waals surface area contributed by atoms with Gasteiger partial charge in [-0.15, -0.1) is 0 Å². The lowest BCUT2D eigenvalue weighted by atomic mass is 10.2. The van der Waals surface area contributed by atoms with Crippen molar-refractivity contribution in [2.75, 3.05) is 4.72 Å². The SMILES string of the molecule is O=[N+]([O-])c1cc(NS(=O)(=O)Cc2noc3ccccc23)ccc1F. The Balaban J connectivity index is 1.87. The second kappa shape index (κ2) is 5.89. The number of benzene rings is 2. The zero-order chi connectivity index (χ0) is 17.3. The van der Waals surface area contributed by atoms with Gasteiger partial charge >= 0.3 is 5.69 Å². The predicted octanol–water partition coefficient (Wildman–Crippen LogP) is 2.82. The first-order chi connectivity index (χ1) is 11.4. The first kappa shape index (κ1) is 15.9. The van der Waals surface area contributed by atoms with E-state index in [1.165, 1.54) is 0 Å². The maximum Gasteiger partial charge on any atom is 0.306 e. The standard InChI is InChI=1S/C14H10FN3O5S/c15-11-6-5-9(7-13(11)18(19)20)17-24(21,22)8-12-10-3-1-2-4-14(10)23-16-12/h1-7,17H,8H2. The minimum atomic E-state index is -3.92. The molecule has 0 saturated heterocycles. The van der Waals surface area contributed by atoms with Crippen LogP contribution in [0.25, 0.3) is 11.0 Å². The van der Waals surface area contributed by atoms with Crippen molar-refractivity contribution < 1.29 is 22.3 Å². The smallest absolute Gasteiger partial charge is 0.306 e. The van der Waals surface area contributed by atoms with E-state index >= 15 is 0 Å². The number of hydrogen-bond acceptors (Lipinski definition) is 6. The third-order valence-corrected chi connectivity index (χ3v) is 4.40. The van der Waals surface area contributed by atoms with Crippen molar-refractivity contribution in [3.05, 3.63) is 64.1 Å². The molecule has 0 atom stereocenters. The van der Waals surface area contributed by atoms with Crippen LogP contribution >= 0.6 is 0 Å². The summed E-state index contributed by atoms with van der Waals surface area (Å²) >= 11 is 0. The van der Waals surface area contributed by atoms with Crippen LogP contribution in [0.4, 0.5) is 15.8 Å². The molecule has 0 radical (unpaired) electrons. The van der Waals surface area contributed by atoms with Crippen LogP contribution in [-0.2, 0) is 15.8 Å². The molecule has 3 rings (SSSR count). The van der Waals surface area contributed by atoms with Gasteiger partial charge in [-0.3, -0.25) is 14.8 Å². The molecule has 0 spiro atoms. The zero-order valence-corrected chi connectivity index (χ0v) is 12.8. The largest absolute Gasteiger partial charge is 0.356 e. The Morgan fingerprint density at radius 2 is 2.00 bits per heavy atom. The minimum absolute atomic E-state index is 0.115. The van der Waals surface area contributed by atoms with Crippen molar-refractivity contribution in [2.45, 2.75) is 5.75 Å². The quantitative estimate of drug-likeness (QED) is 0.558. The molecule has 1 N–H and O–H groups in total. The van der Waals surface area contributed by atoms with E-state index < -0.39 is 32.2 Å². The highest BCUT2D eigenvalue weighted by Crippen LogP contribution is 2.24. The van der Waals surface area contributed by atoms with Crippen LogP contribution in [0.15, 0.2) is 47.0 Å². The van der Waals surface area contributed by atoms with Crippen LogP contribution in [0, 0.1) is 15.9 Å². The lowest BCUT2D eigenvalue weighted by Gasteiger charge is -2.07. The van der Waals surface area contributed by atoms with Crippen molar-refractivity contribution in [1.29, 1.82) is 0 Å². The number of aromatic nitrogens is 1. The maximum atomic E-state index is 13.3. The first-order valence-electron chi connectivity index (χ1n) is 6.63. The van der Waals surface area contributed by atoms with Gasteiger partial charge in [0.15, 0.2) is 5.58 Å². The Kier molecular flexibility index (Phi) is 3.89. The minimum Gasteiger partial charge on any atom is -0.356 e. The summed E-state index contributed by atoms with van der Waals surface area (Å²) in [4.78, 5) is 9.78. The molecular weight excluding hydrogens is 341 g/mol. The highest BCUT2D eigenvalue weighted by molar-refractivity contribution is 7.91. The molecule has 10 heteroatoms. The normalized spacial score (nSPS) is 11.5. The summed E-state index contributed by atoms with van der Waals surface area (Å²) in [5.41, 5.74) is -0.284. The van der Waals surface area contributed by atoms with Gasteiger partial charge in [0.2, 0.25) is 15.8 Å². The van der Waals surface area contributed by atoms with Gasteiger partial charge in [0.05, 0.1) is 10.6 Å². The molecule has 0 aliphatic rings. The molecule has 3 aromatic rings. The van der Waals surface area contributed by atoms with Crippen LogP contribution < -0.4 is 4.72 Å². The Labute approximate surface area is 135 Å². The van der Waals surface area contributed by atoms with Gasteiger partial charge in [-0.05, 0) is 24.3 Å². The van der Waals surface area contributed by atoms with Crippen molar-refractivity contribution in [3.63, 3.8) is 0 Å². The van der Waals surface area contributed by atoms with Gasteiger partial charge in [0.25, 0.3) is 0 Å². The second-order valence-electron chi connectivity index (χ2n) is 4.91. The molecular formula is C14H10FN3O5S. The molecule has 0 fully saturated rings. The third-order valence-electron chi connectivity index (χ3n) is 3.20. The van der Waals surface area contributed by atoms with Gasteiger partial charge < -0.3 is 4.52 Å². The average Bonchev–Trinajstić information content (AvgIpc) is 2.91. The van der Waals surface area contributed by atoms with Gasteiger partial charge in [-0.1, -0.05) is 17.3 Å². The number of hydrogen-bond donors (Lipinski definition) is 1. The molecule has 0 amide bonds. The fourth-order valence-electron chi connectivity index (χ4n) is 2.15. The number of nitro groups is 1. The lowest BCUT2D eigenvalue weighted by molar-refractivity contribution is -0.387. The number of para-hydroxylation sites is 1. The third kappa shape index (κ3) is 3.18. The molecule has 2 aromatic carbocycles. The number of nitrogens with zero attached hydrogens (tertiary/aromatic N) is 2. The van der Waals surface area contributed by atoms with Crippen molar-refractivity contribution >= 4 is 32.4 Å². The molecule has 124 valence electrons. The van der Waals surface area contributed by atoms with Crippen LogP contribution in [0.5, 0.6) is 0 Å². The van der Waals surface area contributed by atoms with Crippen LogP contribution in [0.2, 0.25) is 0 Å². The molecule has 0 aliphatic carbocycles. The summed E-state index contributed by atoms with van der Waals surface area (Å²) < 4.78 is 44.9. The molecule has 24 heavy (non-hydrogen) atoms. The number of nitrogens with one attached hydrogen (secondary N) is 1. The van der Waals surface area contributed by atoms with E-state index in [1.54, 1.807) is 24.3 Å². The summed E-state index contributed by atoms with van der Waals surface area (Å²) in [5, 5.41) is 15.0. The van der Waals surface area contributed by atoms with E-state index in [1.807, 2.05) is 0 Å². The van der Waals surface area contributed by atoms with Gasteiger partial charge in [-0.2, -0.15) is 4.39 Å². The monoisotopic (exact) mass is 351 g/mol. The van der Waals surface area contributed by atoms with Crippen molar-refractivity contribution in [3.8, 4) is 0 Å². The zero-order valence-electron chi connectivity index (χ0n) is 12.0. The summed E-state index contributed by atoms with van der Waals surface area (Å²) in [6.45, 7) is 0. The number of sulfonamides is 1. The first-order valence-corrected chi connectivity index (χ1v) is 8.29. The van der Waals surface area contributed by atoms with Crippen LogP contribution in [0.1, 0.15) is 5.69 Å². The van der Waals surface area contributed by atoms with Crippen LogP contribution in [-0.4, -0.2) is 18.5 Å². The fourth-order valence-corrected chi connectivity index (χ4v) is 3.28. The molecule has 8 nitrogen and oxygen atoms in total. The Morgan fingerprint density at radius 3 is 2.75 bits per heavy atom.